The number of aromatic nitrogens is 2. The molecule has 0 spiro atoms. The molecule has 1 aromatic carbocycles. The Bertz CT molecular complexity index is 583. The standard InChI is InChI=1S/C15H19N3/c1-10-3-4-11(2)13(7-10)14-9-18-8-12(16)5-6-15(18)17-14/h3-4,7,9,12H,5-6,8,16H2,1-2H3. The van der Waals surface area contributed by atoms with Crippen molar-refractivity contribution in [3.8, 4) is 11.3 Å². The number of benzene rings is 1. The van der Waals surface area contributed by atoms with E-state index in [0.29, 0.717) is 0 Å². The van der Waals surface area contributed by atoms with E-state index in [1.165, 1.54) is 22.5 Å². The van der Waals surface area contributed by atoms with Gasteiger partial charge in [-0.2, -0.15) is 0 Å². The fourth-order valence-corrected chi connectivity index (χ4v) is 2.61. The molecule has 1 aliphatic heterocycles. The van der Waals surface area contributed by atoms with Crippen LogP contribution in [0.1, 0.15) is 23.4 Å². The van der Waals surface area contributed by atoms with Crippen LogP contribution in [0.4, 0.5) is 0 Å². The van der Waals surface area contributed by atoms with E-state index in [1.54, 1.807) is 0 Å². The average Bonchev–Trinajstić information content (AvgIpc) is 2.74. The van der Waals surface area contributed by atoms with Gasteiger partial charge in [0.05, 0.1) is 5.69 Å². The Morgan fingerprint density at radius 2 is 2.17 bits per heavy atom. The van der Waals surface area contributed by atoms with E-state index in [1.807, 2.05) is 0 Å². The third kappa shape index (κ3) is 1.95. The molecule has 0 saturated heterocycles. The highest BCUT2D eigenvalue weighted by atomic mass is 15.1. The molecule has 2 N–H and O–H groups in total. The number of nitrogens with two attached hydrogens (primary N) is 1. The minimum Gasteiger partial charge on any atom is -0.333 e. The van der Waals surface area contributed by atoms with Crippen LogP contribution in [0.5, 0.6) is 0 Å². The summed E-state index contributed by atoms with van der Waals surface area (Å²) in [6, 6.07) is 6.79. The lowest BCUT2D eigenvalue weighted by Crippen LogP contribution is -2.31. The fourth-order valence-electron chi connectivity index (χ4n) is 2.61. The van der Waals surface area contributed by atoms with E-state index in [-0.39, 0.29) is 6.04 Å². The number of rotatable bonds is 1. The number of fused-ring (bicyclic) bond motifs is 1. The Labute approximate surface area is 108 Å². The van der Waals surface area contributed by atoms with Crippen molar-refractivity contribution in [2.75, 3.05) is 0 Å². The summed E-state index contributed by atoms with van der Waals surface area (Å²) in [5, 5.41) is 0. The summed E-state index contributed by atoms with van der Waals surface area (Å²) >= 11 is 0. The van der Waals surface area contributed by atoms with Gasteiger partial charge in [0.1, 0.15) is 5.82 Å². The van der Waals surface area contributed by atoms with Crippen LogP contribution >= 0.6 is 0 Å². The minimum absolute atomic E-state index is 0.276. The summed E-state index contributed by atoms with van der Waals surface area (Å²) in [4.78, 5) is 4.76. The van der Waals surface area contributed by atoms with E-state index in [2.05, 4.69) is 42.8 Å². The molecule has 0 radical (unpaired) electrons. The van der Waals surface area contributed by atoms with Crippen molar-refractivity contribution in [1.82, 2.24) is 9.55 Å². The van der Waals surface area contributed by atoms with Gasteiger partial charge in [0.2, 0.25) is 0 Å². The molecule has 1 aliphatic rings. The number of hydrogen-bond acceptors (Lipinski definition) is 2. The fraction of sp³-hybridized carbons (Fsp3) is 0.400. The van der Waals surface area contributed by atoms with Crippen molar-refractivity contribution in [3.05, 3.63) is 41.3 Å². The highest BCUT2D eigenvalue weighted by Gasteiger charge is 2.18. The van der Waals surface area contributed by atoms with Crippen LogP contribution in [0.3, 0.4) is 0 Å². The zero-order chi connectivity index (χ0) is 12.7. The molecular weight excluding hydrogens is 222 g/mol. The summed E-state index contributed by atoms with van der Waals surface area (Å²) in [6.45, 7) is 5.15. The molecule has 1 atom stereocenters. The van der Waals surface area contributed by atoms with Gasteiger partial charge in [-0.15, -0.1) is 0 Å². The van der Waals surface area contributed by atoms with Crippen LogP contribution in [0.25, 0.3) is 11.3 Å². The highest BCUT2D eigenvalue weighted by Crippen LogP contribution is 2.25. The smallest absolute Gasteiger partial charge is 0.109 e. The van der Waals surface area contributed by atoms with Crippen LogP contribution in [0.2, 0.25) is 0 Å². The van der Waals surface area contributed by atoms with E-state index in [9.17, 15) is 0 Å². The summed E-state index contributed by atoms with van der Waals surface area (Å²) in [5.74, 6) is 1.17. The first-order chi connectivity index (χ1) is 8.63. The molecule has 18 heavy (non-hydrogen) atoms. The topological polar surface area (TPSA) is 43.8 Å². The average molecular weight is 241 g/mol. The second-order valence-electron chi connectivity index (χ2n) is 5.31. The summed E-state index contributed by atoms with van der Waals surface area (Å²) in [5.41, 5.74) is 10.9. The van der Waals surface area contributed by atoms with Gasteiger partial charge < -0.3 is 10.3 Å². The summed E-state index contributed by atoms with van der Waals surface area (Å²) in [7, 11) is 0. The van der Waals surface area contributed by atoms with Gasteiger partial charge in [-0.05, 0) is 31.9 Å². The third-order valence-corrected chi connectivity index (χ3v) is 3.70. The molecule has 0 fully saturated rings. The van der Waals surface area contributed by atoms with Gasteiger partial charge in [0.25, 0.3) is 0 Å². The SMILES string of the molecule is Cc1ccc(C)c(-c2cn3c(n2)CCC(N)C3)c1. The maximum atomic E-state index is 6.00. The van der Waals surface area contributed by atoms with Crippen LogP contribution in [0, 0.1) is 13.8 Å². The molecule has 0 amide bonds. The first-order valence-corrected chi connectivity index (χ1v) is 6.53. The monoisotopic (exact) mass is 241 g/mol. The van der Waals surface area contributed by atoms with Crippen molar-refractivity contribution < 1.29 is 0 Å². The van der Waals surface area contributed by atoms with Crippen LogP contribution < -0.4 is 5.73 Å². The van der Waals surface area contributed by atoms with E-state index < -0.39 is 0 Å². The van der Waals surface area contributed by atoms with E-state index in [4.69, 9.17) is 10.7 Å². The van der Waals surface area contributed by atoms with Crippen LogP contribution in [-0.2, 0) is 13.0 Å². The number of imidazole rings is 1. The summed E-state index contributed by atoms with van der Waals surface area (Å²) < 4.78 is 2.21. The Kier molecular flexibility index (Phi) is 2.71. The molecule has 0 bridgehead atoms. The third-order valence-electron chi connectivity index (χ3n) is 3.70. The lowest BCUT2D eigenvalue weighted by Gasteiger charge is -2.19. The number of aryl methyl sites for hydroxylation is 3. The normalized spacial score (nSPS) is 18.7. The van der Waals surface area contributed by atoms with Crippen molar-refractivity contribution in [3.63, 3.8) is 0 Å². The Morgan fingerprint density at radius 1 is 1.33 bits per heavy atom. The molecule has 3 rings (SSSR count). The zero-order valence-electron chi connectivity index (χ0n) is 11.0. The molecule has 1 unspecified atom stereocenters. The van der Waals surface area contributed by atoms with Crippen molar-refractivity contribution >= 4 is 0 Å². The highest BCUT2D eigenvalue weighted by molar-refractivity contribution is 5.64. The van der Waals surface area contributed by atoms with Crippen molar-refractivity contribution in [1.29, 1.82) is 0 Å². The van der Waals surface area contributed by atoms with Gasteiger partial charge in [-0.3, -0.25) is 0 Å². The molecule has 3 heteroatoms. The van der Waals surface area contributed by atoms with E-state index in [0.717, 1.165) is 25.1 Å². The van der Waals surface area contributed by atoms with Gasteiger partial charge >= 0.3 is 0 Å². The molecule has 1 aromatic heterocycles. The molecule has 2 aromatic rings. The maximum Gasteiger partial charge on any atom is 0.109 e. The molecule has 94 valence electrons. The molecular formula is C15H19N3. The van der Waals surface area contributed by atoms with Crippen LogP contribution in [0.15, 0.2) is 24.4 Å². The van der Waals surface area contributed by atoms with Crippen LogP contribution in [-0.4, -0.2) is 15.6 Å². The zero-order valence-corrected chi connectivity index (χ0v) is 11.0. The molecule has 0 aliphatic carbocycles. The number of nitrogens with zero attached hydrogens (tertiary/aromatic N) is 2. The predicted octanol–water partition coefficient (Wildman–Crippen LogP) is 2.44. The maximum absolute atomic E-state index is 6.00. The Morgan fingerprint density at radius 3 is 3.00 bits per heavy atom. The minimum atomic E-state index is 0.276. The van der Waals surface area contributed by atoms with Gasteiger partial charge in [-0.1, -0.05) is 17.7 Å². The van der Waals surface area contributed by atoms with Gasteiger partial charge in [0.15, 0.2) is 0 Å². The Hall–Kier alpha value is -1.61. The summed E-state index contributed by atoms with van der Waals surface area (Å²) in [6.07, 6.45) is 4.19. The van der Waals surface area contributed by atoms with E-state index >= 15 is 0 Å². The molecule has 2 heterocycles. The first-order valence-electron chi connectivity index (χ1n) is 6.53. The second-order valence-corrected chi connectivity index (χ2v) is 5.31. The first kappa shape index (κ1) is 11.5. The quantitative estimate of drug-likeness (QED) is 0.833. The predicted molar refractivity (Wildman–Crippen MR) is 73.4 cm³/mol. The lowest BCUT2D eigenvalue weighted by molar-refractivity contribution is 0.453. The lowest BCUT2D eigenvalue weighted by atomic mass is 10.0. The Balaban J connectivity index is 2.05. The molecule has 3 nitrogen and oxygen atoms in total. The number of hydrogen-bond donors (Lipinski definition) is 1. The second kappa shape index (κ2) is 4.25. The largest absolute Gasteiger partial charge is 0.333 e. The van der Waals surface area contributed by atoms with Crippen molar-refractivity contribution in [2.45, 2.75) is 39.3 Å². The van der Waals surface area contributed by atoms with Gasteiger partial charge in [0, 0.05) is 30.8 Å². The molecule has 0 saturated carbocycles. The van der Waals surface area contributed by atoms with Crippen molar-refractivity contribution in [2.24, 2.45) is 5.73 Å². The van der Waals surface area contributed by atoms with Gasteiger partial charge in [-0.25, -0.2) is 4.98 Å².